The van der Waals surface area contributed by atoms with Crippen molar-refractivity contribution in [3.8, 4) is 23.0 Å². The number of aryl methyl sites for hydroxylation is 1. The number of phenols is 1. The van der Waals surface area contributed by atoms with E-state index in [9.17, 15) is 9.90 Å². The lowest BCUT2D eigenvalue weighted by Gasteiger charge is -2.12. The lowest BCUT2D eigenvalue weighted by Crippen LogP contribution is -2.06. The van der Waals surface area contributed by atoms with Gasteiger partial charge in [0.05, 0.1) is 12.7 Å². The van der Waals surface area contributed by atoms with Crippen LogP contribution >= 0.6 is 0 Å². The molecule has 0 aromatic heterocycles. The van der Waals surface area contributed by atoms with Crippen molar-refractivity contribution in [2.45, 2.75) is 26.2 Å². The minimum Gasteiger partial charge on any atom is -0.507 e. The molecule has 1 N–H and O–H groups in total. The summed E-state index contributed by atoms with van der Waals surface area (Å²) in [7, 11) is 1.56. The zero-order valence-corrected chi connectivity index (χ0v) is 13.8. The highest BCUT2D eigenvalue weighted by Crippen LogP contribution is 2.34. The molecule has 0 atom stereocenters. The van der Waals surface area contributed by atoms with Crippen molar-refractivity contribution >= 4 is 5.78 Å². The average molecular weight is 328 g/mol. The summed E-state index contributed by atoms with van der Waals surface area (Å²) in [4.78, 5) is 12.6. The van der Waals surface area contributed by atoms with Gasteiger partial charge in [-0.3, -0.25) is 4.79 Å². The summed E-state index contributed by atoms with van der Waals surface area (Å²) in [5.74, 6) is 1.73. The van der Waals surface area contributed by atoms with Gasteiger partial charge >= 0.3 is 0 Å². The van der Waals surface area contributed by atoms with Gasteiger partial charge < -0.3 is 19.3 Å². The van der Waals surface area contributed by atoms with E-state index in [0.29, 0.717) is 22.8 Å². The van der Waals surface area contributed by atoms with E-state index in [1.807, 2.05) is 6.07 Å². The molecule has 0 bridgehead atoms. The molecule has 1 aliphatic heterocycles. The quantitative estimate of drug-likeness (QED) is 0.822. The predicted octanol–water partition coefficient (Wildman–Crippen LogP) is 3.51. The van der Waals surface area contributed by atoms with Crippen molar-refractivity contribution in [3.63, 3.8) is 0 Å². The highest BCUT2D eigenvalue weighted by Gasteiger charge is 2.18. The van der Waals surface area contributed by atoms with Gasteiger partial charge in [0.15, 0.2) is 17.3 Å². The van der Waals surface area contributed by atoms with Crippen LogP contribution in [0.25, 0.3) is 0 Å². The fourth-order valence-electron chi connectivity index (χ4n) is 2.82. The minimum atomic E-state index is -0.147. The maximum Gasteiger partial charge on any atom is 0.231 e. The lowest BCUT2D eigenvalue weighted by molar-refractivity contribution is 0.0990. The number of Topliss-reactive ketones (excluding diaryl/α,β-unsaturated/α-hetero) is 1. The molecule has 5 nitrogen and oxygen atoms in total. The second-order valence-corrected chi connectivity index (χ2v) is 5.72. The van der Waals surface area contributed by atoms with Crippen LogP contribution in [0.5, 0.6) is 23.0 Å². The van der Waals surface area contributed by atoms with E-state index in [2.05, 4.69) is 6.92 Å². The Bertz CT molecular complexity index is 767. The Morgan fingerprint density at radius 1 is 1.21 bits per heavy atom. The number of benzene rings is 2. The smallest absolute Gasteiger partial charge is 0.231 e. The van der Waals surface area contributed by atoms with Gasteiger partial charge in [-0.1, -0.05) is 19.4 Å². The summed E-state index contributed by atoms with van der Waals surface area (Å²) in [5, 5.41) is 10.2. The van der Waals surface area contributed by atoms with Crippen molar-refractivity contribution in [2.75, 3.05) is 13.9 Å². The molecule has 0 unspecified atom stereocenters. The highest BCUT2D eigenvalue weighted by molar-refractivity contribution is 6.00. The second kappa shape index (κ2) is 6.83. The molecular weight excluding hydrogens is 308 g/mol. The SMILES string of the molecule is CCCc1cc(C(=O)Cc2ccc3c(c2)OCO3)c(O)cc1OC. The first-order valence-corrected chi connectivity index (χ1v) is 7.94. The van der Waals surface area contributed by atoms with Crippen LogP contribution in [0, 0.1) is 0 Å². The van der Waals surface area contributed by atoms with E-state index < -0.39 is 0 Å². The third-order valence-electron chi connectivity index (χ3n) is 4.02. The van der Waals surface area contributed by atoms with E-state index in [4.69, 9.17) is 14.2 Å². The molecule has 126 valence electrons. The highest BCUT2D eigenvalue weighted by atomic mass is 16.7. The Kier molecular flexibility index (Phi) is 4.60. The van der Waals surface area contributed by atoms with E-state index in [1.165, 1.54) is 6.07 Å². The summed E-state index contributed by atoms with van der Waals surface area (Å²) in [6.45, 7) is 2.26. The largest absolute Gasteiger partial charge is 0.507 e. The standard InChI is InChI=1S/C19H20O5/c1-3-4-13-9-14(16(21)10-18(13)22-2)15(20)7-12-5-6-17-19(8-12)24-11-23-17/h5-6,8-10,21H,3-4,7,11H2,1-2H3. The summed E-state index contributed by atoms with van der Waals surface area (Å²) in [6.07, 6.45) is 1.90. The first-order valence-electron chi connectivity index (χ1n) is 7.94. The van der Waals surface area contributed by atoms with E-state index in [-0.39, 0.29) is 24.7 Å². The van der Waals surface area contributed by atoms with Gasteiger partial charge in [0.2, 0.25) is 6.79 Å². The maximum absolute atomic E-state index is 12.6. The fraction of sp³-hybridized carbons (Fsp3) is 0.316. The first kappa shape index (κ1) is 16.2. The molecule has 0 saturated heterocycles. The zero-order chi connectivity index (χ0) is 17.1. The Hall–Kier alpha value is -2.69. The number of rotatable bonds is 6. The second-order valence-electron chi connectivity index (χ2n) is 5.72. The summed E-state index contributed by atoms with van der Waals surface area (Å²) in [6, 6.07) is 8.67. The van der Waals surface area contributed by atoms with Crippen LogP contribution in [-0.2, 0) is 12.8 Å². The van der Waals surface area contributed by atoms with Gasteiger partial charge in [0.1, 0.15) is 11.5 Å². The lowest BCUT2D eigenvalue weighted by atomic mass is 9.98. The zero-order valence-electron chi connectivity index (χ0n) is 13.8. The first-order chi connectivity index (χ1) is 11.6. The van der Waals surface area contributed by atoms with Crippen LogP contribution in [0.4, 0.5) is 0 Å². The van der Waals surface area contributed by atoms with Crippen molar-refractivity contribution < 1.29 is 24.1 Å². The summed E-state index contributed by atoms with van der Waals surface area (Å²) < 4.78 is 15.9. The van der Waals surface area contributed by atoms with Crippen molar-refractivity contribution in [2.24, 2.45) is 0 Å². The number of ether oxygens (including phenoxy) is 3. The number of phenolic OH excluding ortho intramolecular Hbond substituents is 1. The van der Waals surface area contributed by atoms with E-state index in [0.717, 1.165) is 24.0 Å². The Morgan fingerprint density at radius 3 is 2.75 bits per heavy atom. The molecule has 5 heteroatoms. The van der Waals surface area contributed by atoms with Crippen LogP contribution in [0.1, 0.15) is 34.8 Å². The molecule has 3 rings (SSSR count). The summed E-state index contributed by atoms with van der Waals surface area (Å²) >= 11 is 0. The molecule has 2 aromatic carbocycles. The van der Waals surface area contributed by atoms with Gasteiger partial charge in [0.25, 0.3) is 0 Å². The van der Waals surface area contributed by atoms with Crippen molar-refractivity contribution in [3.05, 3.63) is 47.0 Å². The number of hydrogen-bond donors (Lipinski definition) is 1. The predicted molar refractivity (Wildman–Crippen MR) is 89.3 cm³/mol. The van der Waals surface area contributed by atoms with Gasteiger partial charge in [-0.2, -0.15) is 0 Å². The topological polar surface area (TPSA) is 65.0 Å². The molecule has 1 aliphatic rings. The van der Waals surface area contributed by atoms with Crippen LogP contribution in [0.2, 0.25) is 0 Å². The average Bonchev–Trinajstić information content (AvgIpc) is 3.03. The number of methoxy groups -OCH3 is 1. The van der Waals surface area contributed by atoms with Crippen LogP contribution in [-0.4, -0.2) is 24.8 Å². The monoisotopic (exact) mass is 328 g/mol. The third-order valence-corrected chi connectivity index (χ3v) is 4.02. The molecule has 0 fully saturated rings. The Labute approximate surface area is 140 Å². The van der Waals surface area contributed by atoms with Crippen molar-refractivity contribution in [1.29, 1.82) is 0 Å². The number of carbonyl (C=O) groups excluding carboxylic acids is 1. The molecule has 0 spiro atoms. The minimum absolute atomic E-state index is 0.0579. The number of ketones is 1. The molecule has 0 aliphatic carbocycles. The molecule has 2 aromatic rings. The molecule has 0 radical (unpaired) electrons. The Morgan fingerprint density at radius 2 is 2.00 bits per heavy atom. The summed E-state index contributed by atoms with van der Waals surface area (Å²) in [5.41, 5.74) is 2.06. The third kappa shape index (κ3) is 3.15. The Balaban J connectivity index is 1.85. The molecule has 0 saturated carbocycles. The number of fused-ring (bicyclic) bond motifs is 1. The molecule has 24 heavy (non-hydrogen) atoms. The number of hydrogen-bond acceptors (Lipinski definition) is 5. The fourth-order valence-corrected chi connectivity index (χ4v) is 2.82. The molecule has 0 amide bonds. The van der Waals surface area contributed by atoms with Crippen LogP contribution in [0.15, 0.2) is 30.3 Å². The number of carbonyl (C=O) groups is 1. The van der Waals surface area contributed by atoms with Gasteiger partial charge in [-0.15, -0.1) is 0 Å². The van der Waals surface area contributed by atoms with E-state index >= 15 is 0 Å². The molecular formula is C19H20O5. The van der Waals surface area contributed by atoms with Gasteiger partial charge in [-0.25, -0.2) is 0 Å². The maximum atomic E-state index is 12.6. The van der Waals surface area contributed by atoms with Crippen LogP contribution < -0.4 is 14.2 Å². The normalized spacial score (nSPS) is 12.2. The van der Waals surface area contributed by atoms with Crippen molar-refractivity contribution in [1.82, 2.24) is 0 Å². The van der Waals surface area contributed by atoms with E-state index in [1.54, 1.807) is 25.3 Å². The van der Waals surface area contributed by atoms with Crippen LogP contribution in [0.3, 0.4) is 0 Å². The van der Waals surface area contributed by atoms with Gasteiger partial charge in [-0.05, 0) is 35.7 Å². The number of aromatic hydroxyl groups is 1. The molecule has 1 heterocycles. The van der Waals surface area contributed by atoms with Gasteiger partial charge in [0, 0.05) is 12.5 Å².